The summed E-state index contributed by atoms with van der Waals surface area (Å²) in [4.78, 5) is 21.4. The topological polar surface area (TPSA) is 72.8 Å². The average molecular weight is 782 g/mol. The highest BCUT2D eigenvalue weighted by molar-refractivity contribution is 9.10. The van der Waals surface area contributed by atoms with Gasteiger partial charge >= 0.3 is 5.97 Å². The van der Waals surface area contributed by atoms with Gasteiger partial charge in [0.05, 0.1) is 28.9 Å². The minimum Gasteiger partial charge on any atom is -0.469 e. The molecule has 6 nitrogen and oxygen atoms in total. The van der Waals surface area contributed by atoms with Crippen LogP contribution in [-0.4, -0.2) is 38.6 Å². The van der Waals surface area contributed by atoms with Crippen LogP contribution in [0.1, 0.15) is 63.9 Å². The Kier molecular flexibility index (Phi) is 12.0. The van der Waals surface area contributed by atoms with Gasteiger partial charge in [0.15, 0.2) is 11.6 Å². The quantitative estimate of drug-likeness (QED) is 0.107. The van der Waals surface area contributed by atoms with Crippen molar-refractivity contribution in [2.45, 2.75) is 68.6 Å². The SMILES string of the molecule is C=CSCC(C)(C)CCCC(C)(c1cccc(CC(C)C(=O)OC)c1)c1nc(-c2cc(Sc3c(F)cc4[nH]ccc4c3Br)ccc2F)n(C)n1. The maximum atomic E-state index is 15.6. The number of benzene rings is 3. The number of hydrogen-bond acceptors (Lipinski definition) is 6. The third-order valence-electron chi connectivity index (χ3n) is 9.19. The van der Waals surface area contributed by atoms with Crippen molar-refractivity contribution in [3.05, 3.63) is 106 Å². The highest BCUT2D eigenvalue weighted by Gasteiger charge is 2.35. The molecule has 11 heteroatoms. The molecule has 0 amide bonds. The van der Waals surface area contributed by atoms with Crippen LogP contribution in [0.25, 0.3) is 22.3 Å². The zero-order valence-electron chi connectivity index (χ0n) is 29.3. The van der Waals surface area contributed by atoms with Gasteiger partial charge in [0.1, 0.15) is 11.6 Å². The Morgan fingerprint density at radius 1 is 1.12 bits per heavy atom. The lowest BCUT2D eigenvalue weighted by Gasteiger charge is -2.30. The van der Waals surface area contributed by atoms with Crippen molar-refractivity contribution in [2.75, 3.05) is 12.9 Å². The lowest BCUT2D eigenvalue weighted by molar-refractivity contribution is -0.144. The second kappa shape index (κ2) is 15.9. The van der Waals surface area contributed by atoms with E-state index in [4.69, 9.17) is 14.8 Å². The van der Waals surface area contributed by atoms with E-state index < -0.39 is 11.2 Å². The Morgan fingerprint density at radius 2 is 1.90 bits per heavy atom. The number of rotatable bonds is 15. The summed E-state index contributed by atoms with van der Waals surface area (Å²) in [7, 11) is 3.17. The zero-order valence-corrected chi connectivity index (χ0v) is 32.5. The molecule has 0 saturated heterocycles. The van der Waals surface area contributed by atoms with Crippen molar-refractivity contribution in [2.24, 2.45) is 18.4 Å². The number of aryl methyl sites for hydroxylation is 1. The summed E-state index contributed by atoms with van der Waals surface area (Å²) in [5.74, 6) is 0.550. The molecular weight excluding hydrogens is 738 g/mol. The number of thioether (sulfide) groups is 1. The summed E-state index contributed by atoms with van der Waals surface area (Å²) in [5, 5.41) is 7.66. The summed E-state index contributed by atoms with van der Waals surface area (Å²) in [5.41, 5.74) is 2.48. The number of carbonyl (C=O) groups is 1. The van der Waals surface area contributed by atoms with E-state index in [1.165, 1.54) is 31.0 Å². The molecule has 5 rings (SSSR count). The molecule has 2 heterocycles. The highest BCUT2D eigenvalue weighted by Crippen LogP contribution is 2.42. The van der Waals surface area contributed by atoms with Gasteiger partial charge < -0.3 is 9.72 Å². The number of hydrogen-bond donors (Lipinski definition) is 1. The third kappa shape index (κ3) is 8.37. The van der Waals surface area contributed by atoms with E-state index in [1.54, 1.807) is 41.8 Å². The fourth-order valence-electron chi connectivity index (χ4n) is 6.26. The molecule has 0 saturated carbocycles. The molecule has 0 aliphatic heterocycles. The summed E-state index contributed by atoms with van der Waals surface area (Å²) >= 11 is 6.51. The van der Waals surface area contributed by atoms with Crippen LogP contribution in [0.4, 0.5) is 8.78 Å². The summed E-state index contributed by atoms with van der Waals surface area (Å²) < 4.78 is 38.0. The van der Waals surface area contributed by atoms with Crippen molar-refractivity contribution in [3.63, 3.8) is 0 Å². The molecule has 0 spiro atoms. The third-order valence-corrected chi connectivity index (χ3v) is 12.6. The van der Waals surface area contributed by atoms with Crippen LogP contribution < -0.4 is 0 Å². The zero-order chi connectivity index (χ0) is 36.2. The molecule has 264 valence electrons. The van der Waals surface area contributed by atoms with E-state index in [2.05, 4.69) is 60.4 Å². The van der Waals surface area contributed by atoms with Gasteiger partial charge in [-0.3, -0.25) is 4.79 Å². The summed E-state index contributed by atoms with van der Waals surface area (Å²) in [6.07, 6.45) is 4.94. The van der Waals surface area contributed by atoms with Crippen LogP contribution in [0, 0.1) is 23.0 Å². The molecule has 5 aromatic rings. The van der Waals surface area contributed by atoms with Crippen LogP contribution in [0.3, 0.4) is 0 Å². The fourth-order valence-corrected chi connectivity index (χ4v) is 8.65. The van der Waals surface area contributed by atoms with Crippen molar-refractivity contribution in [3.8, 4) is 11.4 Å². The van der Waals surface area contributed by atoms with Gasteiger partial charge in [0.25, 0.3) is 0 Å². The Hall–Kier alpha value is -3.41. The minimum atomic E-state index is -0.620. The highest BCUT2D eigenvalue weighted by atomic mass is 79.9. The average Bonchev–Trinajstić information content (AvgIpc) is 3.72. The van der Waals surface area contributed by atoms with Gasteiger partial charge in [-0.2, -0.15) is 5.10 Å². The van der Waals surface area contributed by atoms with Crippen molar-refractivity contribution >= 4 is 56.3 Å². The first-order valence-corrected chi connectivity index (χ1v) is 19.2. The number of fused-ring (bicyclic) bond motifs is 1. The normalized spacial score (nSPS) is 13.7. The van der Waals surface area contributed by atoms with Gasteiger partial charge in [-0.25, -0.2) is 18.4 Å². The Labute approximate surface area is 310 Å². The van der Waals surface area contributed by atoms with Crippen molar-refractivity contribution in [1.82, 2.24) is 19.7 Å². The van der Waals surface area contributed by atoms with Crippen molar-refractivity contribution < 1.29 is 18.3 Å². The minimum absolute atomic E-state index is 0.0988. The van der Waals surface area contributed by atoms with E-state index in [0.29, 0.717) is 37.9 Å². The molecule has 50 heavy (non-hydrogen) atoms. The predicted molar refractivity (Wildman–Crippen MR) is 205 cm³/mol. The second-order valence-electron chi connectivity index (χ2n) is 13.7. The van der Waals surface area contributed by atoms with Crippen LogP contribution in [0.2, 0.25) is 0 Å². The molecule has 0 aliphatic carbocycles. The first-order chi connectivity index (χ1) is 23.8. The molecule has 1 N–H and O–H groups in total. The molecule has 0 radical (unpaired) electrons. The largest absolute Gasteiger partial charge is 0.469 e. The van der Waals surface area contributed by atoms with Crippen molar-refractivity contribution in [1.29, 1.82) is 0 Å². The fraction of sp³-hybridized carbons (Fsp3) is 0.359. The number of esters is 1. The number of aromatic amines is 1. The summed E-state index contributed by atoms with van der Waals surface area (Å²) in [6, 6.07) is 16.3. The Morgan fingerprint density at radius 3 is 2.64 bits per heavy atom. The molecule has 0 fully saturated rings. The summed E-state index contributed by atoms with van der Waals surface area (Å²) in [6.45, 7) is 12.4. The van der Waals surface area contributed by atoms with Crippen LogP contribution >= 0.6 is 39.5 Å². The van der Waals surface area contributed by atoms with Crippen LogP contribution in [0.15, 0.2) is 87.0 Å². The number of H-pyrrole nitrogens is 1. The monoisotopic (exact) mass is 780 g/mol. The van der Waals surface area contributed by atoms with Gasteiger partial charge in [-0.1, -0.05) is 69.8 Å². The number of halogens is 3. The molecular formula is C39H43BrF2N4O2S2. The Bertz CT molecular complexity index is 2010. The van der Waals surface area contributed by atoms with Gasteiger partial charge in [0.2, 0.25) is 0 Å². The van der Waals surface area contributed by atoms with Crippen LogP contribution in [0.5, 0.6) is 0 Å². The predicted octanol–water partition coefficient (Wildman–Crippen LogP) is 10.9. The van der Waals surface area contributed by atoms with Gasteiger partial charge in [-0.15, -0.1) is 11.8 Å². The number of ether oxygens (including phenoxy) is 1. The molecule has 2 unspecified atom stereocenters. The van der Waals surface area contributed by atoms with E-state index in [1.807, 2.05) is 30.5 Å². The van der Waals surface area contributed by atoms with Crippen LogP contribution in [-0.2, 0) is 28.4 Å². The first kappa shape index (κ1) is 37.8. The lowest BCUT2D eigenvalue weighted by Crippen LogP contribution is -2.27. The van der Waals surface area contributed by atoms with Gasteiger partial charge in [-0.05, 0) is 94.4 Å². The van der Waals surface area contributed by atoms with Gasteiger partial charge in [0, 0.05) is 39.3 Å². The smallest absolute Gasteiger partial charge is 0.308 e. The molecule has 3 aromatic carbocycles. The molecule has 2 aromatic heterocycles. The number of nitrogens with zero attached hydrogens (tertiary/aromatic N) is 3. The number of methoxy groups -OCH3 is 1. The second-order valence-corrected chi connectivity index (χ2v) is 16.6. The lowest BCUT2D eigenvalue weighted by atomic mass is 9.75. The number of aromatic nitrogens is 4. The standard InChI is InChI=1S/C39H43BrF2N4O2S2/c1-8-49-23-38(3,4)16-10-17-39(5,26-12-9-11-25(20-26)19-24(2)36(47)48-7)37-44-35(46(6)45-37)29-21-27(13-14-30(29)41)50-34-31(42)22-32-28(33(34)40)15-18-43-32/h8-9,11-15,18,20-22,24,43H,1,10,16-17,19,23H2,2-7H3. The van der Waals surface area contributed by atoms with E-state index in [9.17, 15) is 4.79 Å². The molecule has 0 bridgehead atoms. The maximum absolute atomic E-state index is 15.6. The number of nitrogens with one attached hydrogen (secondary N) is 1. The number of carbonyl (C=O) groups excluding carboxylic acids is 1. The molecule has 0 aliphatic rings. The van der Waals surface area contributed by atoms with E-state index in [-0.39, 0.29) is 28.7 Å². The van der Waals surface area contributed by atoms with E-state index in [0.717, 1.165) is 41.5 Å². The van der Waals surface area contributed by atoms with E-state index >= 15 is 8.78 Å². The molecule has 2 atom stereocenters. The Balaban J connectivity index is 1.51. The first-order valence-electron chi connectivity index (χ1n) is 16.5. The maximum Gasteiger partial charge on any atom is 0.308 e.